The van der Waals surface area contributed by atoms with Crippen molar-refractivity contribution in [2.45, 2.75) is 25.3 Å². The number of hydrogen-bond acceptors (Lipinski definition) is 3. The Morgan fingerprint density at radius 3 is 2.61 bits per heavy atom. The van der Waals surface area contributed by atoms with Crippen molar-refractivity contribution in [1.82, 2.24) is 4.90 Å². The molecule has 2 aliphatic heterocycles. The van der Waals surface area contributed by atoms with Gasteiger partial charge >= 0.3 is 0 Å². The van der Waals surface area contributed by atoms with Crippen LogP contribution in [0.3, 0.4) is 0 Å². The molecular formula is C15H23N3. The number of anilines is 2. The van der Waals surface area contributed by atoms with E-state index in [0.29, 0.717) is 6.04 Å². The molecule has 0 radical (unpaired) electrons. The SMILES string of the molecule is CN1CCC(Nc2ccccc2N2CCCC2)C1. The highest BCUT2D eigenvalue weighted by atomic mass is 15.2. The summed E-state index contributed by atoms with van der Waals surface area (Å²) < 4.78 is 0. The van der Waals surface area contributed by atoms with Gasteiger partial charge in [0.2, 0.25) is 0 Å². The third-order valence-electron chi connectivity index (χ3n) is 4.10. The Morgan fingerprint density at radius 2 is 1.89 bits per heavy atom. The first-order valence-electron chi connectivity index (χ1n) is 7.12. The van der Waals surface area contributed by atoms with Crippen molar-refractivity contribution in [1.29, 1.82) is 0 Å². The molecule has 2 aliphatic rings. The minimum absolute atomic E-state index is 0.610. The van der Waals surface area contributed by atoms with Gasteiger partial charge in [-0.2, -0.15) is 0 Å². The summed E-state index contributed by atoms with van der Waals surface area (Å²) >= 11 is 0. The molecule has 1 atom stereocenters. The van der Waals surface area contributed by atoms with Gasteiger partial charge in [-0.05, 0) is 45.0 Å². The molecule has 0 aromatic heterocycles. The van der Waals surface area contributed by atoms with Gasteiger partial charge in [0.15, 0.2) is 0 Å². The van der Waals surface area contributed by atoms with Crippen LogP contribution in [0.4, 0.5) is 11.4 Å². The maximum Gasteiger partial charge on any atom is 0.0602 e. The van der Waals surface area contributed by atoms with Crippen molar-refractivity contribution in [2.24, 2.45) is 0 Å². The summed E-state index contributed by atoms with van der Waals surface area (Å²) in [4.78, 5) is 4.91. The third kappa shape index (κ3) is 2.46. The molecule has 1 unspecified atom stereocenters. The van der Waals surface area contributed by atoms with E-state index in [4.69, 9.17) is 0 Å². The van der Waals surface area contributed by atoms with E-state index in [2.05, 4.69) is 46.4 Å². The fraction of sp³-hybridized carbons (Fsp3) is 0.600. The highest BCUT2D eigenvalue weighted by molar-refractivity contribution is 5.70. The van der Waals surface area contributed by atoms with Crippen molar-refractivity contribution >= 4 is 11.4 Å². The Kier molecular flexibility index (Phi) is 3.41. The molecule has 1 aromatic carbocycles. The second-order valence-electron chi connectivity index (χ2n) is 5.60. The van der Waals surface area contributed by atoms with Crippen LogP contribution in [0.2, 0.25) is 0 Å². The van der Waals surface area contributed by atoms with Crippen LogP contribution in [0.5, 0.6) is 0 Å². The minimum atomic E-state index is 0.610. The van der Waals surface area contributed by atoms with Crippen LogP contribution in [0.1, 0.15) is 19.3 Å². The van der Waals surface area contributed by atoms with Gasteiger partial charge in [-0.25, -0.2) is 0 Å². The van der Waals surface area contributed by atoms with E-state index in [0.717, 1.165) is 6.54 Å². The zero-order chi connectivity index (χ0) is 12.4. The van der Waals surface area contributed by atoms with E-state index >= 15 is 0 Å². The fourth-order valence-electron chi connectivity index (χ4n) is 3.10. The van der Waals surface area contributed by atoms with E-state index in [1.165, 1.54) is 50.3 Å². The number of nitrogens with one attached hydrogen (secondary N) is 1. The second kappa shape index (κ2) is 5.19. The third-order valence-corrected chi connectivity index (χ3v) is 4.10. The summed E-state index contributed by atoms with van der Waals surface area (Å²) in [5.74, 6) is 0. The Labute approximate surface area is 110 Å². The molecule has 2 saturated heterocycles. The van der Waals surface area contributed by atoms with Gasteiger partial charge in [0.05, 0.1) is 11.4 Å². The van der Waals surface area contributed by atoms with Crippen LogP contribution in [-0.2, 0) is 0 Å². The molecule has 0 aliphatic carbocycles. The van der Waals surface area contributed by atoms with Gasteiger partial charge < -0.3 is 15.1 Å². The highest BCUT2D eigenvalue weighted by Crippen LogP contribution is 2.29. The first-order valence-corrected chi connectivity index (χ1v) is 7.12. The van der Waals surface area contributed by atoms with Gasteiger partial charge in [0.1, 0.15) is 0 Å². The summed E-state index contributed by atoms with van der Waals surface area (Å²) in [5.41, 5.74) is 2.71. The largest absolute Gasteiger partial charge is 0.379 e. The van der Waals surface area contributed by atoms with Crippen molar-refractivity contribution in [3.8, 4) is 0 Å². The smallest absolute Gasteiger partial charge is 0.0602 e. The molecule has 3 heteroatoms. The molecule has 1 aromatic rings. The zero-order valence-corrected chi connectivity index (χ0v) is 11.2. The Bertz CT molecular complexity index is 398. The van der Waals surface area contributed by atoms with Gasteiger partial charge in [0.25, 0.3) is 0 Å². The van der Waals surface area contributed by atoms with E-state index in [1.807, 2.05) is 0 Å². The van der Waals surface area contributed by atoms with E-state index in [9.17, 15) is 0 Å². The molecule has 18 heavy (non-hydrogen) atoms. The summed E-state index contributed by atoms with van der Waals surface area (Å²) in [5, 5.41) is 3.73. The number of para-hydroxylation sites is 2. The first kappa shape index (κ1) is 11.8. The Balaban J connectivity index is 1.74. The van der Waals surface area contributed by atoms with Crippen LogP contribution in [0.15, 0.2) is 24.3 Å². The van der Waals surface area contributed by atoms with Gasteiger partial charge in [-0.15, -0.1) is 0 Å². The molecule has 0 amide bonds. The summed E-state index contributed by atoms with van der Waals surface area (Å²) in [6, 6.07) is 9.39. The monoisotopic (exact) mass is 245 g/mol. The summed E-state index contributed by atoms with van der Waals surface area (Å²) in [6.45, 7) is 4.80. The van der Waals surface area contributed by atoms with E-state index in [1.54, 1.807) is 0 Å². The molecule has 1 N–H and O–H groups in total. The molecule has 3 rings (SSSR count). The number of benzene rings is 1. The second-order valence-corrected chi connectivity index (χ2v) is 5.60. The predicted octanol–water partition coefficient (Wildman–Crippen LogP) is 2.40. The maximum absolute atomic E-state index is 3.73. The fourth-order valence-corrected chi connectivity index (χ4v) is 3.10. The lowest BCUT2D eigenvalue weighted by Crippen LogP contribution is -2.25. The van der Waals surface area contributed by atoms with Gasteiger partial charge in [-0.3, -0.25) is 0 Å². The normalized spacial score (nSPS) is 24.7. The van der Waals surface area contributed by atoms with Crippen LogP contribution in [0, 0.1) is 0 Å². The molecule has 0 bridgehead atoms. The van der Waals surface area contributed by atoms with Gasteiger partial charge in [-0.1, -0.05) is 12.1 Å². The predicted molar refractivity (Wildman–Crippen MR) is 77.4 cm³/mol. The van der Waals surface area contributed by atoms with Crippen molar-refractivity contribution in [2.75, 3.05) is 43.4 Å². The molecule has 2 fully saturated rings. The van der Waals surface area contributed by atoms with Crippen molar-refractivity contribution in [3.63, 3.8) is 0 Å². The lowest BCUT2D eigenvalue weighted by molar-refractivity contribution is 0.414. The standard InChI is InChI=1S/C15H23N3/c1-17-11-8-13(12-17)16-14-6-2-3-7-15(14)18-9-4-5-10-18/h2-3,6-7,13,16H,4-5,8-12H2,1H3. The quantitative estimate of drug-likeness (QED) is 0.882. The summed E-state index contributed by atoms with van der Waals surface area (Å²) in [7, 11) is 2.20. The van der Waals surface area contributed by atoms with Crippen LogP contribution in [0.25, 0.3) is 0 Å². The Morgan fingerprint density at radius 1 is 1.11 bits per heavy atom. The lowest BCUT2D eigenvalue weighted by Gasteiger charge is -2.24. The maximum atomic E-state index is 3.73. The number of likely N-dealkylation sites (tertiary alicyclic amines) is 1. The summed E-state index contributed by atoms with van der Waals surface area (Å²) in [6.07, 6.45) is 3.92. The number of rotatable bonds is 3. The average molecular weight is 245 g/mol. The number of likely N-dealkylation sites (N-methyl/N-ethyl adjacent to an activating group) is 1. The van der Waals surface area contributed by atoms with Crippen molar-refractivity contribution in [3.05, 3.63) is 24.3 Å². The molecule has 3 nitrogen and oxygen atoms in total. The van der Waals surface area contributed by atoms with E-state index in [-0.39, 0.29) is 0 Å². The topological polar surface area (TPSA) is 18.5 Å². The molecule has 2 heterocycles. The van der Waals surface area contributed by atoms with Crippen LogP contribution >= 0.6 is 0 Å². The zero-order valence-electron chi connectivity index (χ0n) is 11.2. The molecule has 0 spiro atoms. The Hall–Kier alpha value is -1.22. The molecule has 0 saturated carbocycles. The average Bonchev–Trinajstić information content (AvgIpc) is 3.02. The first-order chi connectivity index (χ1) is 8.83. The number of hydrogen-bond donors (Lipinski definition) is 1. The highest BCUT2D eigenvalue weighted by Gasteiger charge is 2.21. The van der Waals surface area contributed by atoms with Crippen LogP contribution in [-0.4, -0.2) is 44.2 Å². The van der Waals surface area contributed by atoms with Crippen molar-refractivity contribution < 1.29 is 0 Å². The van der Waals surface area contributed by atoms with Gasteiger partial charge in [0, 0.05) is 25.7 Å². The number of nitrogens with zero attached hydrogens (tertiary/aromatic N) is 2. The minimum Gasteiger partial charge on any atom is -0.379 e. The van der Waals surface area contributed by atoms with E-state index < -0.39 is 0 Å². The van der Waals surface area contributed by atoms with Crippen LogP contribution < -0.4 is 10.2 Å². The molecular weight excluding hydrogens is 222 g/mol. The molecule has 98 valence electrons. The lowest BCUT2D eigenvalue weighted by atomic mass is 10.2.